The van der Waals surface area contributed by atoms with Gasteiger partial charge in [-0.05, 0) is 42.8 Å². The number of anilines is 1. The minimum absolute atomic E-state index is 0.0581. The molecule has 0 aliphatic heterocycles. The maximum absolute atomic E-state index is 12.3. The molecule has 1 amide bonds. The fourth-order valence-electron chi connectivity index (χ4n) is 2.10. The molecule has 6 heteroatoms. The summed E-state index contributed by atoms with van der Waals surface area (Å²) < 4.78 is 6.30. The lowest BCUT2D eigenvalue weighted by Gasteiger charge is -2.07. The number of carbonyl (C=O) groups excluding carboxylic acids is 1. The molecule has 116 valence electrons. The summed E-state index contributed by atoms with van der Waals surface area (Å²) in [6, 6.07) is 11.4. The first kappa shape index (κ1) is 15.8. The number of nitrogens with one attached hydrogen (secondary N) is 1. The van der Waals surface area contributed by atoms with E-state index < -0.39 is 5.91 Å². The highest BCUT2D eigenvalue weighted by molar-refractivity contribution is 9.10. The molecule has 4 nitrogen and oxygen atoms in total. The molecular weight excluding hydrogens is 382 g/mol. The quantitative estimate of drug-likeness (QED) is 0.683. The second kappa shape index (κ2) is 6.18. The number of halogens is 2. The van der Waals surface area contributed by atoms with Gasteiger partial charge < -0.3 is 9.73 Å². The predicted molar refractivity (Wildman–Crippen MR) is 94.3 cm³/mol. The molecular formula is C17H11BrClNO3. The van der Waals surface area contributed by atoms with Gasteiger partial charge in [0.1, 0.15) is 5.58 Å². The van der Waals surface area contributed by atoms with Crippen LogP contribution in [0.15, 0.2) is 56.1 Å². The Kier molecular flexibility index (Phi) is 4.24. The van der Waals surface area contributed by atoms with E-state index in [0.29, 0.717) is 21.7 Å². The van der Waals surface area contributed by atoms with Crippen molar-refractivity contribution in [2.45, 2.75) is 6.92 Å². The number of amides is 1. The normalized spacial score (nSPS) is 10.7. The largest absolute Gasteiger partial charge is 0.451 e. The van der Waals surface area contributed by atoms with Gasteiger partial charge in [0.15, 0.2) is 11.2 Å². The van der Waals surface area contributed by atoms with Crippen LogP contribution in [0.5, 0.6) is 0 Å². The Labute approximate surface area is 145 Å². The van der Waals surface area contributed by atoms with Crippen LogP contribution in [-0.2, 0) is 0 Å². The highest BCUT2D eigenvalue weighted by Gasteiger charge is 2.13. The number of rotatable bonds is 2. The molecule has 2 aromatic carbocycles. The zero-order chi connectivity index (χ0) is 16.6. The van der Waals surface area contributed by atoms with E-state index in [1.54, 1.807) is 36.4 Å². The second-order valence-corrected chi connectivity index (χ2v) is 6.36. The molecule has 0 atom stereocenters. The molecule has 3 aromatic rings. The van der Waals surface area contributed by atoms with Crippen LogP contribution >= 0.6 is 27.5 Å². The maximum atomic E-state index is 12.3. The van der Waals surface area contributed by atoms with E-state index in [2.05, 4.69) is 21.2 Å². The Morgan fingerprint density at radius 3 is 2.70 bits per heavy atom. The van der Waals surface area contributed by atoms with E-state index in [9.17, 15) is 9.59 Å². The zero-order valence-corrected chi connectivity index (χ0v) is 14.4. The van der Waals surface area contributed by atoms with Crippen LogP contribution in [-0.4, -0.2) is 5.91 Å². The van der Waals surface area contributed by atoms with E-state index in [1.807, 2.05) is 6.92 Å². The van der Waals surface area contributed by atoms with Crippen LogP contribution in [0.3, 0.4) is 0 Å². The number of hydrogen-bond acceptors (Lipinski definition) is 3. The van der Waals surface area contributed by atoms with Gasteiger partial charge in [0.05, 0.1) is 5.39 Å². The summed E-state index contributed by atoms with van der Waals surface area (Å²) in [5.74, 6) is -0.568. The standard InChI is InChI=1S/C17H11BrClNO3/c1-9-2-4-11(7-13(9)19)20-17(22)16-8-14(21)12-5-3-10(18)6-15(12)23-16/h2-8H,1H3,(H,20,22). The Bertz CT molecular complexity index is 981. The van der Waals surface area contributed by atoms with E-state index in [4.69, 9.17) is 16.0 Å². The van der Waals surface area contributed by atoms with Gasteiger partial charge in [0, 0.05) is 21.2 Å². The number of hydrogen-bond donors (Lipinski definition) is 1. The van der Waals surface area contributed by atoms with Crippen molar-refractivity contribution >= 4 is 50.1 Å². The summed E-state index contributed by atoms with van der Waals surface area (Å²) in [6.45, 7) is 1.87. The maximum Gasteiger partial charge on any atom is 0.291 e. The summed E-state index contributed by atoms with van der Waals surface area (Å²) >= 11 is 9.34. The number of carbonyl (C=O) groups is 1. The molecule has 0 saturated carbocycles. The van der Waals surface area contributed by atoms with Crippen LogP contribution < -0.4 is 10.7 Å². The van der Waals surface area contributed by atoms with Crippen molar-refractivity contribution in [3.8, 4) is 0 Å². The monoisotopic (exact) mass is 391 g/mol. The summed E-state index contributed by atoms with van der Waals surface area (Å²) in [5, 5.41) is 3.63. The van der Waals surface area contributed by atoms with Crippen molar-refractivity contribution in [2.24, 2.45) is 0 Å². The van der Waals surface area contributed by atoms with E-state index in [-0.39, 0.29) is 11.2 Å². The fraction of sp³-hybridized carbons (Fsp3) is 0.0588. The highest BCUT2D eigenvalue weighted by atomic mass is 79.9. The molecule has 1 N–H and O–H groups in total. The number of aryl methyl sites for hydroxylation is 1. The van der Waals surface area contributed by atoms with E-state index in [0.717, 1.165) is 10.0 Å². The van der Waals surface area contributed by atoms with Crippen LogP contribution in [0.4, 0.5) is 5.69 Å². The first-order valence-electron chi connectivity index (χ1n) is 6.75. The van der Waals surface area contributed by atoms with Gasteiger partial charge in [0.2, 0.25) is 0 Å². The summed E-state index contributed by atoms with van der Waals surface area (Å²) in [5.41, 5.74) is 1.51. The molecule has 1 heterocycles. The molecule has 3 rings (SSSR count). The molecule has 0 fully saturated rings. The highest BCUT2D eigenvalue weighted by Crippen LogP contribution is 2.22. The Hall–Kier alpha value is -2.11. The zero-order valence-electron chi connectivity index (χ0n) is 12.0. The minimum Gasteiger partial charge on any atom is -0.451 e. The third-order valence-corrected chi connectivity index (χ3v) is 4.25. The lowest BCUT2D eigenvalue weighted by atomic mass is 10.2. The third kappa shape index (κ3) is 3.30. The van der Waals surface area contributed by atoms with Gasteiger partial charge in [-0.25, -0.2) is 0 Å². The smallest absolute Gasteiger partial charge is 0.291 e. The van der Waals surface area contributed by atoms with Gasteiger partial charge in [0.25, 0.3) is 5.91 Å². The lowest BCUT2D eigenvalue weighted by molar-refractivity contribution is 0.0997. The number of fused-ring (bicyclic) bond motifs is 1. The molecule has 0 aliphatic carbocycles. The van der Waals surface area contributed by atoms with Crippen molar-refractivity contribution in [1.29, 1.82) is 0 Å². The molecule has 0 aliphatic rings. The van der Waals surface area contributed by atoms with Crippen LogP contribution in [0.25, 0.3) is 11.0 Å². The molecule has 0 saturated heterocycles. The van der Waals surface area contributed by atoms with Crippen molar-refractivity contribution in [3.63, 3.8) is 0 Å². The lowest BCUT2D eigenvalue weighted by Crippen LogP contribution is -2.15. The summed E-state index contributed by atoms with van der Waals surface area (Å²) in [4.78, 5) is 24.4. The van der Waals surface area contributed by atoms with Crippen molar-refractivity contribution in [1.82, 2.24) is 0 Å². The fourth-order valence-corrected chi connectivity index (χ4v) is 2.62. The summed E-state index contributed by atoms with van der Waals surface area (Å²) in [7, 11) is 0. The Balaban J connectivity index is 1.97. The molecule has 23 heavy (non-hydrogen) atoms. The van der Waals surface area contributed by atoms with Gasteiger partial charge in [-0.2, -0.15) is 0 Å². The van der Waals surface area contributed by atoms with Crippen molar-refractivity contribution in [3.05, 3.63) is 73.5 Å². The topological polar surface area (TPSA) is 59.3 Å². The van der Waals surface area contributed by atoms with E-state index in [1.165, 1.54) is 6.07 Å². The molecule has 1 aromatic heterocycles. The van der Waals surface area contributed by atoms with Crippen LogP contribution in [0.2, 0.25) is 5.02 Å². The average Bonchev–Trinajstić information content (AvgIpc) is 2.50. The predicted octanol–water partition coefficient (Wildman–Crippen LogP) is 4.77. The third-order valence-electron chi connectivity index (χ3n) is 3.34. The van der Waals surface area contributed by atoms with Crippen molar-refractivity contribution < 1.29 is 9.21 Å². The summed E-state index contributed by atoms with van der Waals surface area (Å²) in [6.07, 6.45) is 0. The molecule has 0 bridgehead atoms. The van der Waals surface area contributed by atoms with Gasteiger partial charge in [-0.15, -0.1) is 0 Å². The average molecular weight is 393 g/mol. The van der Waals surface area contributed by atoms with Crippen LogP contribution in [0, 0.1) is 6.92 Å². The Morgan fingerprint density at radius 1 is 1.17 bits per heavy atom. The van der Waals surface area contributed by atoms with Crippen LogP contribution in [0.1, 0.15) is 16.1 Å². The molecule has 0 unspecified atom stereocenters. The van der Waals surface area contributed by atoms with Gasteiger partial charge in [-0.1, -0.05) is 33.6 Å². The minimum atomic E-state index is -0.510. The first-order valence-corrected chi connectivity index (χ1v) is 7.92. The SMILES string of the molecule is Cc1ccc(NC(=O)c2cc(=O)c3ccc(Br)cc3o2)cc1Cl. The van der Waals surface area contributed by atoms with Crippen molar-refractivity contribution in [2.75, 3.05) is 5.32 Å². The van der Waals surface area contributed by atoms with Gasteiger partial charge in [-0.3, -0.25) is 9.59 Å². The molecule has 0 spiro atoms. The second-order valence-electron chi connectivity index (χ2n) is 5.03. The number of benzene rings is 2. The van der Waals surface area contributed by atoms with Gasteiger partial charge >= 0.3 is 0 Å². The Morgan fingerprint density at radius 2 is 1.96 bits per heavy atom. The molecule has 0 radical (unpaired) electrons. The first-order chi connectivity index (χ1) is 10.9. The van der Waals surface area contributed by atoms with E-state index >= 15 is 0 Å².